The molecule has 0 heterocycles. The number of ether oxygens (including phenoxy) is 3. The lowest BCUT2D eigenvalue weighted by atomic mass is 9.91. The van der Waals surface area contributed by atoms with Gasteiger partial charge in [0.15, 0.2) is 0 Å². The Kier molecular flexibility index (Phi) is 6.98. The van der Waals surface area contributed by atoms with E-state index in [1.54, 1.807) is 39.2 Å². The van der Waals surface area contributed by atoms with Crippen LogP contribution in [0.3, 0.4) is 0 Å². The zero-order chi connectivity index (χ0) is 24.3. The van der Waals surface area contributed by atoms with Crippen LogP contribution in [-0.2, 0) is 21.0 Å². The lowest BCUT2D eigenvalue weighted by Crippen LogP contribution is -2.19. The van der Waals surface area contributed by atoms with Gasteiger partial charge >= 0.3 is 5.97 Å². The number of hydrogen-bond donors (Lipinski definition) is 1. The average molecular weight is 470 g/mol. The summed E-state index contributed by atoms with van der Waals surface area (Å²) in [5.74, 6) is 0.420. The van der Waals surface area contributed by atoms with Gasteiger partial charge in [0.1, 0.15) is 11.5 Å². The lowest BCUT2D eigenvalue weighted by molar-refractivity contribution is 0.0595. The van der Waals surface area contributed by atoms with Crippen molar-refractivity contribution in [1.82, 2.24) is 0 Å². The number of esters is 1. The minimum atomic E-state index is -4.11. The number of rotatable bonds is 7. The first kappa shape index (κ1) is 24.1. The highest BCUT2D eigenvalue weighted by molar-refractivity contribution is 7.91. The van der Waals surface area contributed by atoms with E-state index in [2.05, 4.69) is 0 Å². The van der Waals surface area contributed by atoms with E-state index in [-0.39, 0.29) is 21.8 Å². The highest BCUT2D eigenvalue weighted by atomic mass is 32.2. The predicted octanol–water partition coefficient (Wildman–Crippen LogP) is 4.11. The molecule has 3 aromatic carbocycles. The van der Waals surface area contributed by atoms with E-state index in [1.807, 2.05) is 18.2 Å². The second kappa shape index (κ2) is 9.54. The molecule has 0 amide bonds. The van der Waals surface area contributed by atoms with Crippen LogP contribution in [0.4, 0.5) is 5.69 Å². The summed E-state index contributed by atoms with van der Waals surface area (Å²) in [7, 11) is 0.174. The number of nitrogen functional groups attached to an aromatic ring is 1. The normalized spacial score (nSPS) is 11.2. The molecule has 0 saturated heterocycles. The zero-order valence-electron chi connectivity index (χ0n) is 19.3. The highest BCUT2D eigenvalue weighted by Gasteiger charge is 2.32. The van der Waals surface area contributed by atoms with Gasteiger partial charge in [-0.25, -0.2) is 13.2 Å². The second-order valence-corrected chi connectivity index (χ2v) is 9.43. The molecule has 0 spiro atoms. The molecular weight excluding hydrogens is 442 g/mol. The first-order valence-electron chi connectivity index (χ1n) is 10.2. The van der Waals surface area contributed by atoms with Gasteiger partial charge in [-0.05, 0) is 78.9 Å². The van der Waals surface area contributed by atoms with Crippen molar-refractivity contribution < 1.29 is 27.4 Å². The summed E-state index contributed by atoms with van der Waals surface area (Å²) >= 11 is 0. The summed E-state index contributed by atoms with van der Waals surface area (Å²) in [4.78, 5) is 12.9. The molecule has 3 aromatic rings. The summed E-state index contributed by atoms with van der Waals surface area (Å²) in [5.41, 5.74) is 8.92. The maximum absolute atomic E-state index is 13.7. The Labute approximate surface area is 194 Å². The van der Waals surface area contributed by atoms with Crippen molar-refractivity contribution in [2.75, 3.05) is 27.1 Å². The van der Waals surface area contributed by atoms with Crippen molar-refractivity contribution in [3.63, 3.8) is 0 Å². The summed E-state index contributed by atoms with van der Waals surface area (Å²) in [5, 5.41) is 0. The van der Waals surface area contributed by atoms with Gasteiger partial charge < -0.3 is 19.9 Å². The minimum Gasteiger partial charge on any atom is -0.497 e. The Bertz CT molecular complexity index is 1300. The third kappa shape index (κ3) is 4.52. The molecule has 0 aliphatic rings. The molecule has 8 heteroatoms. The largest absolute Gasteiger partial charge is 0.497 e. The number of anilines is 1. The van der Waals surface area contributed by atoms with Gasteiger partial charge in [0, 0.05) is 5.69 Å². The molecular formula is C25H27NO6S. The van der Waals surface area contributed by atoms with E-state index < -0.39 is 15.8 Å². The van der Waals surface area contributed by atoms with Crippen LogP contribution in [0.2, 0.25) is 0 Å². The van der Waals surface area contributed by atoms with Crippen molar-refractivity contribution in [1.29, 1.82) is 0 Å². The number of benzene rings is 3. The molecule has 0 bridgehead atoms. The summed E-state index contributed by atoms with van der Waals surface area (Å²) in [6.07, 6.45) is 0.267. The molecule has 0 radical (unpaired) electrons. The van der Waals surface area contributed by atoms with Gasteiger partial charge in [0.05, 0.1) is 36.7 Å². The van der Waals surface area contributed by atoms with Gasteiger partial charge in [-0.2, -0.15) is 0 Å². The Morgan fingerprint density at radius 3 is 2.12 bits per heavy atom. The molecule has 7 nitrogen and oxygen atoms in total. The lowest BCUT2D eigenvalue weighted by Gasteiger charge is -2.21. The molecule has 174 valence electrons. The van der Waals surface area contributed by atoms with Crippen LogP contribution in [0.15, 0.2) is 58.3 Å². The van der Waals surface area contributed by atoms with Gasteiger partial charge in [-0.1, -0.05) is 12.1 Å². The van der Waals surface area contributed by atoms with Crippen LogP contribution in [0.25, 0.3) is 0 Å². The SMILES string of the molecule is COC(=O)c1c(Cc2cccc(OC)c2)c(C)c(N)c(C)c1S(=O)(=O)c1ccc(OC)cc1. The number of sulfone groups is 1. The molecule has 3 rings (SSSR count). The fourth-order valence-electron chi connectivity index (χ4n) is 3.81. The van der Waals surface area contributed by atoms with Crippen LogP contribution in [-0.4, -0.2) is 35.7 Å². The molecule has 0 atom stereocenters. The summed E-state index contributed by atoms with van der Waals surface area (Å²) < 4.78 is 42.9. The molecule has 0 fully saturated rings. The third-order valence-electron chi connectivity index (χ3n) is 5.67. The Hall–Kier alpha value is -3.52. The maximum atomic E-state index is 13.7. The smallest absolute Gasteiger partial charge is 0.339 e. The predicted molar refractivity (Wildman–Crippen MR) is 126 cm³/mol. The van der Waals surface area contributed by atoms with Crippen LogP contribution in [0, 0.1) is 13.8 Å². The Morgan fingerprint density at radius 2 is 1.55 bits per heavy atom. The molecule has 0 aliphatic heterocycles. The third-order valence-corrected chi connectivity index (χ3v) is 7.61. The Balaban J connectivity index is 2.32. The standard InChI is InChI=1S/C25H27NO6S/c1-15-21(14-17-7-6-8-19(13-17)31-4)22(25(27)32-5)24(16(2)23(15)26)33(28,29)20-11-9-18(30-3)10-12-20/h6-13H,14,26H2,1-5H3. The van der Waals surface area contributed by atoms with E-state index in [1.165, 1.54) is 26.4 Å². The number of methoxy groups -OCH3 is 3. The molecule has 0 aromatic heterocycles. The molecule has 0 saturated carbocycles. The minimum absolute atomic E-state index is 0.0136. The van der Waals surface area contributed by atoms with Crippen LogP contribution in [0.5, 0.6) is 11.5 Å². The fraction of sp³-hybridized carbons (Fsp3) is 0.240. The van der Waals surface area contributed by atoms with E-state index in [4.69, 9.17) is 19.9 Å². The first-order chi connectivity index (χ1) is 15.6. The molecule has 2 N–H and O–H groups in total. The van der Waals surface area contributed by atoms with Crippen molar-refractivity contribution in [3.05, 3.63) is 76.3 Å². The number of carbonyl (C=O) groups is 1. The van der Waals surface area contributed by atoms with Crippen LogP contribution in [0.1, 0.15) is 32.6 Å². The number of carbonyl (C=O) groups excluding carboxylic acids is 1. The number of nitrogens with two attached hydrogens (primary N) is 1. The van der Waals surface area contributed by atoms with E-state index in [9.17, 15) is 13.2 Å². The van der Waals surface area contributed by atoms with E-state index >= 15 is 0 Å². The summed E-state index contributed by atoms with van der Waals surface area (Å²) in [6.45, 7) is 3.37. The molecule has 33 heavy (non-hydrogen) atoms. The average Bonchev–Trinajstić information content (AvgIpc) is 2.83. The topological polar surface area (TPSA) is 105 Å². The van der Waals surface area contributed by atoms with Gasteiger partial charge in [-0.15, -0.1) is 0 Å². The van der Waals surface area contributed by atoms with Crippen molar-refractivity contribution >= 4 is 21.5 Å². The van der Waals surface area contributed by atoms with Crippen molar-refractivity contribution in [2.45, 2.75) is 30.1 Å². The second-order valence-electron chi connectivity index (χ2n) is 7.55. The van der Waals surface area contributed by atoms with Crippen molar-refractivity contribution in [2.24, 2.45) is 0 Å². The monoisotopic (exact) mass is 469 g/mol. The molecule has 0 unspecified atom stereocenters. The van der Waals surface area contributed by atoms with E-state index in [0.717, 1.165) is 5.56 Å². The Morgan fingerprint density at radius 1 is 0.909 bits per heavy atom. The quantitative estimate of drug-likeness (QED) is 0.410. The summed E-state index contributed by atoms with van der Waals surface area (Å²) in [6, 6.07) is 13.3. The highest BCUT2D eigenvalue weighted by Crippen LogP contribution is 2.37. The number of hydrogen-bond acceptors (Lipinski definition) is 7. The molecule has 0 aliphatic carbocycles. The van der Waals surface area contributed by atoms with Crippen LogP contribution >= 0.6 is 0 Å². The zero-order valence-corrected chi connectivity index (χ0v) is 20.1. The van der Waals surface area contributed by atoms with Gasteiger partial charge in [0.25, 0.3) is 0 Å². The van der Waals surface area contributed by atoms with Crippen LogP contribution < -0.4 is 15.2 Å². The van der Waals surface area contributed by atoms with Gasteiger partial charge in [-0.3, -0.25) is 0 Å². The van der Waals surface area contributed by atoms with Gasteiger partial charge in [0.2, 0.25) is 9.84 Å². The van der Waals surface area contributed by atoms with E-state index in [0.29, 0.717) is 33.9 Å². The maximum Gasteiger partial charge on any atom is 0.339 e. The van der Waals surface area contributed by atoms with Crippen molar-refractivity contribution in [3.8, 4) is 11.5 Å². The fourth-order valence-corrected chi connectivity index (χ4v) is 5.53. The first-order valence-corrected chi connectivity index (χ1v) is 11.7.